The lowest BCUT2D eigenvalue weighted by molar-refractivity contribution is 0.380. The molecule has 4 rings (SSSR count). The molecule has 140 valence electrons. The van der Waals surface area contributed by atoms with E-state index in [4.69, 9.17) is 5.73 Å². The number of halogens is 3. The number of aromatic nitrogens is 1. The van der Waals surface area contributed by atoms with Crippen LogP contribution >= 0.6 is 35.3 Å². The van der Waals surface area contributed by atoms with Gasteiger partial charge in [-0.15, -0.1) is 35.3 Å². The zero-order valence-electron chi connectivity index (χ0n) is 14.0. The van der Waals surface area contributed by atoms with Gasteiger partial charge in [0.15, 0.2) is 11.1 Å². The van der Waals surface area contributed by atoms with Crippen molar-refractivity contribution in [1.29, 1.82) is 0 Å². The number of nitrogens with two attached hydrogens (primary N) is 1. The van der Waals surface area contributed by atoms with Gasteiger partial charge in [-0.1, -0.05) is 6.07 Å². The lowest BCUT2D eigenvalue weighted by Crippen LogP contribution is -2.51. The minimum atomic E-state index is -0.502. The third kappa shape index (κ3) is 3.93. The molecule has 0 spiro atoms. The molecule has 1 aliphatic heterocycles. The summed E-state index contributed by atoms with van der Waals surface area (Å²) in [5.74, 6) is -0.754. The molecule has 1 saturated heterocycles. The number of thiazole rings is 1. The Morgan fingerprint density at radius 2 is 1.88 bits per heavy atom. The quantitative estimate of drug-likeness (QED) is 0.408. The van der Waals surface area contributed by atoms with Crippen LogP contribution in [0.1, 0.15) is 17.9 Å². The monoisotopic (exact) mass is 491 g/mol. The first-order valence-corrected chi connectivity index (χ1v) is 9.18. The van der Waals surface area contributed by atoms with E-state index in [0.717, 1.165) is 31.3 Å². The highest BCUT2D eigenvalue weighted by molar-refractivity contribution is 14.0. The van der Waals surface area contributed by atoms with Crippen LogP contribution in [0.25, 0.3) is 0 Å². The third-order valence-corrected chi connectivity index (χ3v) is 5.55. The highest BCUT2D eigenvalue weighted by Gasteiger charge is 2.42. The normalized spacial score (nSPS) is 22.9. The Morgan fingerprint density at radius 3 is 2.50 bits per heavy atom. The molecule has 1 saturated carbocycles. The molecule has 0 bridgehead atoms. The molecule has 0 radical (unpaired) electrons. The average molecular weight is 491 g/mol. The lowest BCUT2D eigenvalue weighted by Gasteiger charge is -2.35. The number of benzene rings is 1. The smallest absolute Gasteiger partial charge is 0.191 e. The molecule has 2 aromatic rings. The molecular weight excluding hydrogens is 471 g/mol. The Bertz CT molecular complexity index is 757. The number of hydrogen-bond acceptors (Lipinski definition) is 4. The fourth-order valence-electron chi connectivity index (χ4n) is 3.25. The van der Waals surface area contributed by atoms with Crippen molar-refractivity contribution in [3.8, 4) is 0 Å². The molecule has 9 heteroatoms. The molecule has 1 aromatic heterocycles. The Balaban J connectivity index is 0.00000196. The summed E-state index contributed by atoms with van der Waals surface area (Å²) < 4.78 is 27.7. The summed E-state index contributed by atoms with van der Waals surface area (Å²) in [5.41, 5.74) is 6.26. The van der Waals surface area contributed by atoms with Crippen molar-refractivity contribution in [1.82, 2.24) is 9.88 Å². The van der Waals surface area contributed by atoms with Crippen LogP contribution in [0.5, 0.6) is 0 Å². The molecule has 2 heterocycles. The van der Waals surface area contributed by atoms with Gasteiger partial charge >= 0.3 is 0 Å². The topological polar surface area (TPSA) is 57.8 Å². The average Bonchev–Trinajstić information content (AvgIpc) is 3.13. The number of anilines is 1. The fourth-order valence-corrected chi connectivity index (χ4v) is 3.95. The Labute approximate surface area is 171 Å². The van der Waals surface area contributed by atoms with Gasteiger partial charge in [-0.05, 0) is 18.6 Å². The summed E-state index contributed by atoms with van der Waals surface area (Å²) in [7, 11) is 0. The van der Waals surface area contributed by atoms with E-state index in [1.54, 1.807) is 17.5 Å². The predicted octanol–water partition coefficient (Wildman–Crippen LogP) is 3.03. The second kappa shape index (κ2) is 8.03. The number of rotatable bonds is 3. The van der Waals surface area contributed by atoms with Crippen molar-refractivity contribution < 1.29 is 8.78 Å². The largest absolute Gasteiger partial charge is 0.370 e. The zero-order valence-corrected chi connectivity index (χ0v) is 17.2. The summed E-state index contributed by atoms with van der Waals surface area (Å²) in [4.78, 5) is 13.1. The minimum Gasteiger partial charge on any atom is -0.370 e. The van der Waals surface area contributed by atoms with E-state index >= 15 is 0 Å². The van der Waals surface area contributed by atoms with Crippen LogP contribution < -0.4 is 10.6 Å². The predicted molar refractivity (Wildman–Crippen MR) is 110 cm³/mol. The third-order valence-electron chi connectivity index (χ3n) is 4.72. The summed E-state index contributed by atoms with van der Waals surface area (Å²) in [6.07, 6.45) is 2.44. The van der Waals surface area contributed by atoms with E-state index in [0.29, 0.717) is 12.4 Å². The van der Waals surface area contributed by atoms with Gasteiger partial charge in [0.25, 0.3) is 0 Å². The van der Waals surface area contributed by atoms with E-state index in [2.05, 4.69) is 14.9 Å². The summed E-state index contributed by atoms with van der Waals surface area (Å²) in [6.45, 7) is 3.19. The van der Waals surface area contributed by atoms with Gasteiger partial charge in [0.1, 0.15) is 11.6 Å². The maximum atomic E-state index is 13.8. The fraction of sp³-hybridized carbons (Fsp3) is 0.412. The molecule has 26 heavy (non-hydrogen) atoms. The van der Waals surface area contributed by atoms with E-state index < -0.39 is 11.6 Å². The Kier molecular flexibility index (Phi) is 5.96. The van der Waals surface area contributed by atoms with Gasteiger partial charge in [-0.25, -0.2) is 18.8 Å². The Morgan fingerprint density at radius 1 is 1.19 bits per heavy atom. The number of piperazine rings is 1. The first kappa shape index (κ1) is 19.3. The SMILES string of the molecule is I.NC(=NC1CC1c1c(F)cccc1F)N1CCN(c2nccs2)CC1. The highest BCUT2D eigenvalue weighted by Crippen LogP contribution is 2.45. The van der Waals surface area contributed by atoms with Gasteiger partial charge in [0, 0.05) is 49.2 Å². The molecule has 2 fully saturated rings. The summed E-state index contributed by atoms with van der Waals surface area (Å²) in [6, 6.07) is 3.83. The molecule has 1 aromatic carbocycles. The maximum Gasteiger partial charge on any atom is 0.191 e. The Hall–Kier alpha value is -1.49. The van der Waals surface area contributed by atoms with Crippen molar-refractivity contribution in [2.24, 2.45) is 10.7 Å². The number of aliphatic imine (C=N–C) groups is 1. The van der Waals surface area contributed by atoms with Crippen LogP contribution in [0.3, 0.4) is 0 Å². The molecule has 1 aliphatic carbocycles. The summed E-state index contributed by atoms with van der Waals surface area (Å²) in [5, 5.41) is 2.99. The van der Waals surface area contributed by atoms with Gasteiger partial charge < -0.3 is 15.5 Å². The van der Waals surface area contributed by atoms with Crippen LogP contribution in [0.2, 0.25) is 0 Å². The number of guanidine groups is 1. The summed E-state index contributed by atoms with van der Waals surface area (Å²) >= 11 is 1.62. The molecule has 2 atom stereocenters. The molecule has 2 N–H and O–H groups in total. The standard InChI is InChI=1S/C17H19F2N5S.HI/c18-12-2-1-3-13(19)15(12)11-10-14(11)22-16(20)23-5-7-24(8-6-23)17-21-4-9-25-17;/h1-4,9,11,14H,5-8,10H2,(H2,20,22);1H. The second-order valence-electron chi connectivity index (χ2n) is 6.32. The van der Waals surface area contributed by atoms with Crippen molar-refractivity contribution in [3.05, 3.63) is 47.0 Å². The second-order valence-corrected chi connectivity index (χ2v) is 7.19. The van der Waals surface area contributed by atoms with Crippen molar-refractivity contribution in [2.75, 3.05) is 31.1 Å². The van der Waals surface area contributed by atoms with Crippen LogP contribution in [0, 0.1) is 11.6 Å². The number of hydrogen-bond donors (Lipinski definition) is 1. The van der Waals surface area contributed by atoms with Crippen molar-refractivity contribution in [2.45, 2.75) is 18.4 Å². The maximum absolute atomic E-state index is 13.8. The van der Waals surface area contributed by atoms with Crippen LogP contribution in [-0.2, 0) is 0 Å². The first-order valence-electron chi connectivity index (χ1n) is 8.30. The molecule has 5 nitrogen and oxygen atoms in total. The molecule has 2 aliphatic rings. The molecule has 2 unspecified atom stereocenters. The highest BCUT2D eigenvalue weighted by atomic mass is 127. The van der Waals surface area contributed by atoms with Gasteiger partial charge in [-0.2, -0.15) is 0 Å². The van der Waals surface area contributed by atoms with Crippen LogP contribution in [0.4, 0.5) is 13.9 Å². The minimum absolute atomic E-state index is 0. The first-order chi connectivity index (χ1) is 12.1. The van der Waals surface area contributed by atoms with Crippen molar-refractivity contribution >= 4 is 46.4 Å². The van der Waals surface area contributed by atoms with E-state index in [1.165, 1.54) is 18.2 Å². The van der Waals surface area contributed by atoms with E-state index in [9.17, 15) is 8.78 Å². The van der Waals surface area contributed by atoms with Gasteiger partial charge in [0.2, 0.25) is 0 Å². The van der Waals surface area contributed by atoms with Crippen LogP contribution in [0.15, 0.2) is 34.8 Å². The number of nitrogens with zero attached hydrogens (tertiary/aromatic N) is 4. The van der Waals surface area contributed by atoms with Crippen molar-refractivity contribution in [3.63, 3.8) is 0 Å². The lowest BCUT2D eigenvalue weighted by atomic mass is 10.1. The zero-order chi connectivity index (χ0) is 17.4. The molecule has 0 amide bonds. The van der Waals surface area contributed by atoms with Gasteiger partial charge in [-0.3, -0.25) is 0 Å². The van der Waals surface area contributed by atoms with E-state index in [1.807, 2.05) is 10.3 Å². The molecular formula is C17H20F2IN5S. The van der Waals surface area contributed by atoms with Crippen LogP contribution in [-0.4, -0.2) is 48.1 Å². The van der Waals surface area contributed by atoms with E-state index in [-0.39, 0.29) is 41.5 Å². The van der Waals surface area contributed by atoms with Gasteiger partial charge in [0.05, 0.1) is 6.04 Å².